The number of nitrogens with zero attached hydrogens (tertiary/aromatic N) is 1. The van der Waals surface area contributed by atoms with Gasteiger partial charge in [-0.3, -0.25) is 4.79 Å². The van der Waals surface area contributed by atoms with Gasteiger partial charge in [0.05, 0.1) is 13.0 Å². The molecule has 0 aromatic rings. The number of rotatable bonds is 1. The van der Waals surface area contributed by atoms with Crippen molar-refractivity contribution in [2.45, 2.75) is 26.0 Å². The Morgan fingerprint density at radius 1 is 1.71 bits per heavy atom. The monoisotopic (exact) mass is 193 g/mol. The maximum atomic E-state index is 11.3. The van der Waals surface area contributed by atoms with Crippen molar-refractivity contribution in [3.8, 4) is 0 Å². The molecule has 0 spiro atoms. The molecule has 1 unspecified atom stereocenters. The molecule has 3 heteroatoms. The van der Waals surface area contributed by atoms with Gasteiger partial charge in [-0.05, 0) is 18.9 Å². The van der Waals surface area contributed by atoms with E-state index in [0.29, 0.717) is 19.6 Å². The van der Waals surface area contributed by atoms with Gasteiger partial charge in [0.15, 0.2) is 0 Å². The lowest BCUT2D eigenvalue weighted by Gasteiger charge is -2.41. The molecule has 0 N–H and O–H groups in total. The molecule has 2 rings (SSSR count). The summed E-state index contributed by atoms with van der Waals surface area (Å²) < 4.78 is 5.51. The second-order valence-corrected chi connectivity index (χ2v) is 3.85. The summed E-state index contributed by atoms with van der Waals surface area (Å²) in [6, 6.07) is 0. The summed E-state index contributed by atoms with van der Waals surface area (Å²) in [6.07, 6.45) is 3.60. The average Bonchev–Trinajstić information content (AvgIpc) is 2.10. The first kappa shape index (κ1) is 9.46. The van der Waals surface area contributed by atoms with Gasteiger partial charge in [-0.1, -0.05) is 18.2 Å². The summed E-state index contributed by atoms with van der Waals surface area (Å²) >= 11 is 0. The Bertz CT molecular complexity index is 306. The number of carbonyl (C=O) groups is 1. The lowest BCUT2D eigenvalue weighted by molar-refractivity contribution is -0.172. The first-order chi connectivity index (χ1) is 6.68. The molecule has 76 valence electrons. The fraction of sp³-hybridized carbons (Fsp3) is 0.545. The molecule has 1 atom stereocenters. The fourth-order valence-corrected chi connectivity index (χ4v) is 1.76. The number of ether oxygens (including phenoxy) is 1. The number of carbonyl (C=O) groups excluding carboxylic acids is 1. The van der Waals surface area contributed by atoms with Crippen LogP contribution in [0.15, 0.2) is 23.8 Å². The molecule has 1 amide bonds. The predicted molar refractivity (Wildman–Crippen MR) is 53.6 cm³/mol. The minimum atomic E-state index is 0.0190. The van der Waals surface area contributed by atoms with E-state index in [1.54, 1.807) is 4.90 Å². The van der Waals surface area contributed by atoms with Crippen molar-refractivity contribution in [3.63, 3.8) is 0 Å². The van der Waals surface area contributed by atoms with E-state index in [4.69, 9.17) is 4.74 Å². The SMILES string of the molecule is C=C(C)/C1=C/CCOC2CC(=O)N2C1. The number of hydrogen-bond donors (Lipinski definition) is 0. The second kappa shape index (κ2) is 3.58. The maximum absolute atomic E-state index is 11.3. The molecule has 0 bridgehead atoms. The Morgan fingerprint density at radius 2 is 2.50 bits per heavy atom. The second-order valence-electron chi connectivity index (χ2n) is 3.85. The van der Waals surface area contributed by atoms with Crippen LogP contribution in [0.1, 0.15) is 19.8 Å². The zero-order valence-electron chi connectivity index (χ0n) is 8.45. The van der Waals surface area contributed by atoms with Crippen LogP contribution in [0.3, 0.4) is 0 Å². The van der Waals surface area contributed by atoms with Crippen LogP contribution in [0.25, 0.3) is 0 Å². The van der Waals surface area contributed by atoms with E-state index in [9.17, 15) is 4.79 Å². The van der Waals surface area contributed by atoms with Gasteiger partial charge in [-0.25, -0.2) is 0 Å². The molecule has 0 aromatic carbocycles. The van der Waals surface area contributed by atoms with E-state index in [-0.39, 0.29) is 12.1 Å². The standard InChI is InChI=1S/C11H15NO2/c1-8(2)9-4-3-5-14-11-6-10(13)12(11)7-9/h4,11H,1,3,5-7H2,2H3/b9-4+. The number of hydrogen-bond acceptors (Lipinski definition) is 2. The van der Waals surface area contributed by atoms with Crippen molar-refractivity contribution < 1.29 is 9.53 Å². The van der Waals surface area contributed by atoms with E-state index in [1.807, 2.05) is 6.92 Å². The molecule has 0 aliphatic carbocycles. The van der Waals surface area contributed by atoms with Gasteiger partial charge in [-0.2, -0.15) is 0 Å². The Morgan fingerprint density at radius 3 is 3.14 bits per heavy atom. The van der Waals surface area contributed by atoms with Crippen LogP contribution in [0.2, 0.25) is 0 Å². The van der Waals surface area contributed by atoms with Gasteiger partial charge in [0.2, 0.25) is 5.91 Å². The first-order valence-electron chi connectivity index (χ1n) is 4.94. The molecule has 14 heavy (non-hydrogen) atoms. The minimum absolute atomic E-state index is 0.0190. The van der Waals surface area contributed by atoms with Gasteiger partial charge in [0.1, 0.15) is 6.23 Å². The van der Waals surface area contributed by atoms with Gasteiger partial charge < -0.3 is 9.64 Å². The quantitative estimate of drug-likeness (QED) is 0.590. The van der Waals surface area contributed by atoms with Crippen molar-refractivity contribution in [2.75, 3.05) is 13.2 Å². The summed E-state index contributed by atoms with van der Waals surface area (Å²) in [6.45, 7) is 7.26. The first-order valence-corrected chi connectivity index (χ1v) is 4.94. The largest absolute Gasteiger partial charge is 0.357 e. The smallest absolute Gasteiger partial charge is 0.229 e. The number of β-lactam (4-membered cyclic amide) rings is 1. The van der Waals surface area contributed by atoms with Gasteiger partial charge in [0.25, 0.3) is 0 Å². The zero-order chi connectivity index (χ0) is 10.1. The Hall–Kier alpha value is -1.09. The zero-order valence-corrected chi connectivity index (χ0v) is 8.45. The summed E-state index contributed by atoms with van der Waals surface area (Å²) in [5.74, 6) is 0.184. The molecule has 2 heterocycles. The van der Waals surface area contributed by atoms with E-state index < -0.39 is 0 Å². The molecular formula is C11H15NO2. The third-order valence-corrected chi connectivity index (χ3v) is 2.72. The van der Waals surface area contributed by atoms with Crippen molar-refractivity contribution in [3.05, 3.63) is 23.8 Å². The number of fused-ring (bicyclic) bond motifs is 1. The normalized spacial score (nSPS) is 30.6. The summed E-state index contributed by atoms with van der Waals surface area (Å²) in [7, 11) is 0. The highest BCUT2D eigenvalue weighted by atomic mass is 16.5. The van der Waals surface area contributed by atoms with Crippen LogP contribution in [0.4, 0.5) is 0 Å². The van der Waals surface area contributed by atoms with E-state index in [2.05, 4.69) is 12.7 Å². The molecule has 1 fully saturated rings. The third-order valence-electron chi connectivity index (χ3n) is 2.72. The third kappa shape index (κ3) is 1.60. The van der Waals surface area contributed by atoms with Gasteiger partial charge in [-0.15, -0.1) is 0 Å². The Kier molecular flexibility index (Phi) is 2.42. The minimum Gasteiger partial charge on any atom is -0.357 e. The summed E-state index contributed by atoms with van der Waals surface area (Å²) in [5, 5.41) is 0. The van der Waals surface area contributed by atoms with Crippen LogP contribution >= 0.6 is 0 Å². The molecule has 0 saturated carbocycles. The predicted octanol–water partition coefficient (Wildman–Crippen LogP) is 1.47. The lowest BCUT2D eigenvalue weighted by Crippen LogP contribution is -2.55. The van der Waals surface area contributed by atoms with Crippen molar-refractivity contribution >= 4 is 5.91 Å². The van der Waals surface area contributed by atoms with Crippen LogP contribution in [-0.4, -0.2) is 30.2 Å². The topological polar surface area (TPSA) is 29.5 Å². The van der Waals surface area contributed by atoms with Crippen LogP contribution in [-0.2, 0) is 9.53 Å². The van der Waals surface area contributed by atoms with E-state index >= 15 is 0 Å². The summed E-state index contributed by atoms with van der Waals surface area (Å²) in [5.41, 5.74) is 2.22. The van der Waals surface area contributed by atoms with Crippen molar-refractivity contribution in [1.29, 1.82) is 0 Å². The molecule has 3 nitrogen and oxygen atoms in total. The van der Waals surface area contributed by atoms with E-state index in [0.717, 1.165) is 12.0 Å². The van der Waals surface area contributed by atoms with E-state index in [1.165, 1.54) is 5.57 Å². The fourth-order valence-electron chi connectivity index (χ4n) is 1.76. The molecule has 2 aliphatic rings. The van der Waals surface area contributed by atoms with Crippen molar-refractivity contribution in [1.82, 2.24) is 4.90 Å². The van der Waals surface area contributed by atoms with Gasteiger partial charge >= 0.3 is 0 Å². The molecular weight excluding hydrogens is 178 g/mol. The van der Waals surface area contributed by atoms with Crippen LogP contribution in [0.5, 0.6) is 0 Å². The highest BCUT2D eigenvalue weighted by Crippen LogP contribution is 2.25. The molecule has 0 radical (unpaired) electrons. The average molecular weight is 193 g/mol. The lowest BCUT2D eigenvalue weighted by atomic mass is 10.0. The maximum Gasteiger partial charge on any atom is 0.229 e. The number of amides is 1. The Balaban J connectivity index is 2.12. The highest BCUT2D eigenvalue weighted by Gasteiger charge is 2.37. The Labute approximate surface area is 84.0 Å². The van der Waals surface area contributed by atoms with Gasteiger partial charge in [0, 0.05) is 6.54 Å². The highest BCUT2D eigenvalue weighted by molar-refractivity contribution is 5.83. The molecule has 1 saturated heterocycles. The molecule has 0 aromatic heterocycles. The van der Waals surface area contributed by atoms with Crippen LogP contribution < -0.4 is 0 Å². The van der Waals surface area contributed by atoms with Crippen molar-refractivity contribution in [2.24, 2.45) is 0 Å². The molecule has 2 aliphatic heterocycles. The summed E-state index contributed by atoms with van der Waals surface area (Å²) in [4.78, 5) is 13.1. The van der Waals surface area contributed by atoms with Crippen LogP contribution in [0, 0.1) is 0 Å².